The van der Waals surface area contributed by atoms with Crippen LogP contribution in [0.5, 0.6) is 0 Å². The molecule has 6 heteroatoms. The highest BCUT2D eigenvalue weighted by Crippen LogP contribution is 2.23. The molecule has 134 valence electrons. The number of carbonyl (C=O) groups excluding carboxylic acids is 1. The van der Waals surface area contributed by atoms with Crippen LogP contribution in [0, 0.1) is 12.8 Å². The lowest BCUT2D eigenvalue weighted by Gasteiger charge is -2.35. The Balaban J connectivity index is 1.58. The summed E-state index contributed by atoms with van der Waals surface area (Å²) in [6, 6.07) is 6.04. The molecular formula is C19H27N5O. The van der Waals surface area contributed by atoms with Crippen molar-refractivity contribution in [2.75, 3.05) is 31.1 Å². The number of aryl methyl sites for hydroxylation is 1. The number of pyridine rings is 1. The van der Waals surface area contributed by atoms with Crippen LogP contribution in [0.4, 0.5) is 5.82 Å². The maximum atomic E-state index is 12.8. The number of amides is 1. The standard InChI is InChI=1S/C19H27N5O/c1-4-23(19(25)17-13-21-22(3)15(17)2)14-16-8-11-24(12-9-16)18-7-5-6-10-20-18/h5-7,10,13,16H,4,8-9,11-12,14H2,1-3H3. The minimum absolute atomic E-state index is 0.0975. The smallest absolute Gasteiger partial charge is 0.257 e. The highest BCUT2D eigenvalue weighted by molar-refractivity contribution is 5.95. The molecule has 2 aromatic heterocycles. The predicted octanol–water partition coefficient (Wildman–Crippen LogP) is 2.50. The molecule has 1 amide bonds. The van der Waals surface area contributed by atoms with E-state index in [2.05, 4.69) is 21.0 Å². The third-order valence-corrected chi connectivity index (χ3v) is 5.20. The number of nitrogens with zero attached hydrogens (tertiary/aromatic N) is 5. The summed E-state index contributed by atoms with van der Waals surface area (Å²) in [7, 11) is 1.87. The molecule has 0 saturated carbocycles. The molecule has 0 bridgehead atoms. The van der Waals surface area contributed by atoms with Gasteiger partial charge in [0, 0.05) is 45.1 Å². The molecule has 0 unspecified atom stereocenters. The number of anilines is 1. The van der Waals surface area contributed by atoms with Crippen LogP contribution < -0.4 is 4.90 Å². The molecule has 0 spiro atoms. The van der Waals surface area contributed by atoms with E-state index in [1.807, 2.05) is 44.1 Å². The fraction of sp³-hybridized carbons (Fsp3) is 0.526. The molecule has 1 saturated heterocycles. The van der Waals surface area contributed by atoms with Gasteiger partial charge in [-0.15, -0.1) is 0 Å². The van der Waals surface area contributed by atoms with Crippen molar-refractivity contribution in [3.63, 3.8) is 0 Å². The summed E-state index contributed by atoms with van der Waals surface area (Å²) in [6.45, 7) is 7.54. The van der Waals surface area contributed by atoms with E-state index in [4.69, 9.17) is 0 Å². The summed E-state index contributed by atoms with van der Waals surface area (Å²) >= 11 is 0. The van der Waals surface area contributed by atoms with Crippen molar-refractivity contribution >= 4 is 11.7 Å². The van der Waals surface area contributed by atoms with Gasteiger partial charge in [-0.2, -0.15) is 5.10 Å². The van der Waals surface area contributed by atoms with Crippen LogP contribution in [0.25, 0.3) is 0 Å². The van der Waals surface area contributed by atoms with E-state index in [0.29, 0.717) is 5.92 Å². The van der Waals surface area contributed by atoms with Gasteiger partial charge >= 0.3 is 0 Å². The summed E-state index contributed by atoms with van der Waals surface area (Å²) < 4.78 is 1.76. The Morgan fingerprint density at radius 3 is 2.64 bits per heavy atom. The normalized spacial score (nSPS) is 15.4. The van der Waals surface area contributed by atoms with E-state index >= 15 is 0 Å². The number of hydrogen-bond acceptors (Lipinski definition) is 4. The Bertz CT molecular complexity index is 704. The lowest BCUT2D eigenvalue weighted by Crippen LogP contribution is -2.41. The average Bonchev–Trinajstić information content (AvgIpc) is 2.99. The van der Waals surface area contributed by atoms with Crippen LogP contribution >= 0.6 is 0 Å². The zero-order chi connectivity index (χ0) is 17.8. The van der Waals surface area contributed by atoms with Gasteiger partial charge in [-0.25, -0.2) is 4.98 Å². The Morgan fingerprint density at radius 2 is 2.08 bits per heavy atom. The molecule has 1 aliphatic heterocycles. The monoisotopic (exact) mass is 341 g/mol. The second-order valence-corrected chi connectivity index (χ2v) is 6.73. The van der Waals surface area contributed by atoms with Crippen molar-refractivity contribution in [2.45, 2.75) is 26.7 Å². The van der Waals surface area contributed by atoms with E-state index in [1.165, 1.54) is 0 Å². The van der Waals surface area contributed by atoms with Gasteiger partial charge in [0.05, 0.1) is 11.8 Å². The summed E-state index contributed by atoms with van der Waals surface area (Å²) in [5.41, 5.74) is 1.64. The number of piperidine rings is 1. The van der Waals surface area contributed by atoms with E-state index < -0.39 is 0 Å². The maximum absolute atomic E-state index is 12.8. The molecule has 1 aliphatic rings. The quantitative estimate of drug-likeness (QED) is 0.838. The van der Waals surface area contributed by atoms with E-state index in [-0.39, 0.29) is 5.91 Å². The lowest BCUT2D eigenvalue weighted by atomic mass is 9.96. The fourth-order valence-electron chi connectivity index (χ4n) is 3.43. The molecule has 6 nitrogen and oxygen atoms in total. The molecule has 3 heterocycles. The second-order valence-electron chi connectivity index (χ2n) is 6.73. The molecule has 0 atom stereocenters. The van der Waals surface area contributed by atoms with Crippen molar-refractivity contribution in [1.82, 2.24) is 19.7 Å². The zero-order valence-corrected chi connectivity index (χ0v) is 15.4. The van der Waals surface area contributed by atoms with Crippen LogP contribution in [0.1, 0.15) is 35.8 Å². The van der Waals surface area contributed by atoms with Crippen molar-refractivity contribution in [2.24, 2.45) is 13.0 Å². The van der Waals surface area contributed by atoms with Gasteiger partial charge in [-0.3, -0.25) is 9.48 Å². The molecule has 0 N–H and O–H groups in total. The predicted molar refractivity (Wildman–Crippen MR) is 98.7 cm³/mol. The highest BCUT2D eigenvalue weighted by Gasteiger charge is 2.25. The summed E-state index contributed by atoms with van der Waals surface area (Å²) in [4.78, 5) is 21.6. The van der Waals surface area contributed by atoms with Gasteiger partial charge in [0.15, 0.2) is 0 Å². The Hall–Kier alpha value is -2.37. The SMILES string of the molecule is CCN(CC1CCN(c2ccccn2)CC1)C(=O)c1cnn(C)c1C. The molecule has 25 heavy (non-hydrogen) atoms. The molecule has 0 radical (unpaired) electrons. The number of aromatic nitrogens is 3. The summed E-state index contributed by atoms with van der Waals surface area (Å²) in [5.74, 6) is 1.69. The summed E-state index contributed by atoms with van der Waals surface area (Å²) in [5, 5.41) is 4.20. The molecular weight excluding hydrogens is 314 g/mol. The highest BCUT2D eigenvalue weighted by atomic mass is 16.2. The molecule has 1 fully saturated rings. The van der Waals surface area contributed by atoms with E-state index in [9.17, 15) is 4.79 Å². The zero-order valence-electron chi connectivity index (χ0n) is 15.4. The van der Waals surface area contributed by atoms with Crippen LogP contribution in [-0.2, 0) is 7.05 Å². The van der Waals surface area contributed by atoms with Crippen LogP contribution in [-0.4, -0.2) is 51.8 Å². The first-order valence-corrected chi connectivity index (χ1v) is 9.04. The number of hydrogen-bond donors (Lipinski definition) is 0. The largest absolute Gasteiger partial charge is 0.357 e. The topological polar surface area (TPSA) is 54.3 Å². The van der Waals surface area contributed by atoms with Gasteiger partial charge in [-0.1, -0.05) is 6.07 Å². The van der Waals surface area contributed by atoms with Gasteiger partial charge in [-0.05, 0) is 44.7 Å². The van der Waals surface area contributed by atoms with Crippen LogP contribution in [0.15, 0.2) is 30.6 Å². The molecule has 0 aromatic carbocycles. The van der Waals surface area contributed by atoms with Gasteiger partial charge < -0.3 is 9.80 Å². The van der Waals surface area contributed by atoms with Crippen molar-refractivity contribution in [1.29, 1.82) is 0 Å². The number of rotatable bonds is 5. The van der Waals surface area contributed by atoms with Gasteiger partial charge in [0.25, 0.3) is 5.91 Å². The first-order valence-electron chi connectivity index (χ1n) is 9.04. The number of carbonyl (C=O) groups is 1. The second kappa shape index (κ2) is 7.68. The van der Waals surface area contributed by atoms with E-state index in [1.54, 1.807) is 10.9 Å². The third kappa shape index (κ3) is 3.83. The van der Waals surface area contributed by atoms with Crippen LogP contribution in [0.3, 0.4) is 0 Å². The van der Waals surface area contributed by atoms with Crippen molar-refractivity contribution < 1.29 is 4.79 Å². The first-order chi connectivity index (χ1) is 12.1. The summed E-state index contributed by atoms with van der Waals surface area (Å²) in [6.07, 6.45) is 5.71. The third-order valence-electron chi connectivity index (χ3n) is 5.20. The minimum atomic E-state index is 0.0975. The van der Waals surface area contributed by atoms with Crippen molar-refractivity contribution in [3.05, 3.63) is 41.9 Å². The Kier molecular flexibility index (Phi) is 5.36. The van der Waals surface area contributed by atoms with Gasteiger partial charge in [0.2, 0.25) is 0 Å². The molecule has 3 rings (SSSR count). The average molecular weight is 341 g/mol. The first kappa shape index (κ1) is 17.5. The fourth-order valence-corrected chi connectivity index (χ4v) is 3.43. The lowest BCUT2D eigenvalue weighted by molar-refractivity contribution is 0.0728. The van der Waals surface area contributed by atoms with Crippen molar-refractivity contribution in [3.8, 4) is 0 Å². The molecule has 0 aliphatic carbocycles. The molecule has 2 aromatic rings. The van der Waals surface area contributed by atoms with Crippen LogP contribution in [0.2, 0.25) is 0 Å². The maximum Gasteiger partial charge on any atom is 0.257 e. The Labute approximate surface area is 149 Å². The van der Waals surface area contributed by atoms with E-state index in [0.717, 1.165) is 56.1 Å². The Morgan fingerprint density at radius 1 is 1.32 bits per heavy atom. The van der Waals surface area contributed by atoms with Gasteiger partial charge in [0.1, 0.15) is 5.82 Å². The minimum Gasteiger partial charge on any atom is -0.357 e.